The SMILES string of the molecule is CNC(=O)c1ccccc1C#CCNC(=O)Cc1cccc(C)c1. The van der Waals surface area contributed by atoms with Crippen molar-refractivity contribution in [2.24, 2.45) is 0 Å². The largest absolute Gasteiger partial charge is 0.355 e. The van der Waals surface area contributed by atoms with E-state index in [4.69, 9.17) is 0 Å². The fourth-order valence-corrected chi connectivity index (χ4v) is 2.28. The highest BCUT2D eigenvalue weighted by atomic mass is 16.2. The van der Waals surface area contributed by atoms with Gasteiger partial charge in [-0.25, -0.2) is 0 Å². The molecule has 2 aromatic carbocycles. The van der Waals surface area contributed by atoms with E-state index >= 15 is 0 Å². The Kier molecular flexibility index (Phi) is 6.16. The van der Waals surface area contributed by atoms with Gasteiger partial charge in [0.15, 0.2) is 0 Å². The molecule has 122 valence electrons. The highest BCUT2D eigenvalue weighted by molar-refractivity contribution is 5.96. The summed E-state index contributed by atoms with van der Waals surface area (Å²) in [6.07, 6.45) is 0.332. The Hall–Kier alpha value is -3.06. The zero-order valence-corrected chi connectivity index (χ0v) is 13.8. The topological polar surface area (TPSA) is 58.2 Å². The van der Waals surface area contributed by atoms with Crippen LogP contribution in [0.5, 0.6) is 0 Å². The van der Waals surface area contributed by atoms with Crippen LogP contribution in [-0.4, -0.2) is 25.4 Å². The standard InChI is InChI=1S/C20H20N2O2/c1-15-7-5-8-16(13-15)14-19(23)22-12-6-10-17-9-3-4-11-18(17)20(24)21-2/h3-5,7-9,11,13H,12,14H2,1-2H3,(H,21,24)(H,22,23). The monoisotopic (exact) mass is 320 g/mol. The fraction of sp³-hybridized carbons (Fsp3) is 0.200. The molecule has 0 saturated carbocycles. The summed E-state index contributed by atoms with van der Waals surface area (Å²) >= 11 is 0. The molecule has 0 heterocycles. The van der Waals surface area contributed by atoms with E-state index in [1.165, 1.54) is 0 Å². The van der Waals surface area contributed by atoms with Gasteiger partial charge in [-0.2, -0.15) is 0 Å². The quantitative estimate of drug-likeness (QED) is 0.847. The molecule has 4 heteroatoms. The molecule has 0 aromatic heterocycles. The third-order valence-electron chi connectivity index (χ3n) is 3.44. The van der Waals surface area contributed by atoms with Gasteiger partial charge in [-0.05, 0) is 24.6 Å². The van der Waals surface area contributed by atoms with Crippen LogP contribution >= 0.6 is 0 Å². The van der Waals surface area contributed by atoms with Crippen LogP contribution in [0.15, 0.2) is 48.5 Å². The van der Waals surface area contributed by atoms with E-state index in [9.17, 15) is 9.59 Å². The van der Waals surface area contributed by atoms with Gasteiger partial charge >= 0.3 is 0 Å². The van der Waals surface area contributed by atoms with Gasteiger partial charge in [0.2, 0.25) is 5.91 Å². The lowest BCUT2D eigenvalue weighted by atomic mass is 10.1. The van der Waals surface area contributed by atoms with E-state index in [2.05, 4.69) is 22.5 Å². The average Bonchev–Trinajstić information content (AvgIpc) is 2.58. The van der Waals surface area contributed by atoms with Crippen molar-refractivity contribution in [1.82, 2.24) is 10.6 Å². The first kappa shape index (κ1) is 17.3. The van der Waals surface area contributed by atoms with Gasteiger partial charge in [-0.3, -0.25) is 9.59 Å². The summed E-state index contributed by atoms with van der Waals surface area (Å²) in [5, 5.41) is 5.36. The maximum atomic E-state index is 11.9. The first-order valence-corrected chi connectivity index (χ1v) is 7.72. The molecule has 0 bridgehead atoms. The number of amides is 2. The van der Waals surface area contributed by atoms with E-state index in [0.717, 1.165) is 11.1 Å². The van der Waals surface area contributed by atoms with Gasteiger partial charge in [0.05, 0.1) is 18.5 Å². The Balaban J connectivity index is 1.92. The minimum absolute atomic E-state index is 0.0745. The van der Waals surface area contributed by atoms with Crippen LogP contribution < -0.4 is 10.6 Å². The second-order valence-corrected chi connectivity index (χ2v) is 5.37. The Morgan fingerprint density at radius 2 is 1.88 bits per heavy atom. The van der Waals surface area contributed by atoms with Crippen molar-refractivity contribution in [3.8, 4) is 11.8 Å². The molecule has 0 unspecified atom stereocenters. The first-order chi connectivity index (χ1) is 11.6. The Labute approximate surface area is 142 Å². The van der Waals surface area contributed by atoms with E-state index in [1.54, 1.807) is 25.2 Å². The fourth-order valence-electron chi connectivity index (χ4n) is 2.28. The minimum atomic E-state index is -0.177. The van der Waals surface area contributed by atoms with Gasteiger partial charge in [-0.15, -0.1) is 0 Å². The van der Waals surface area contributed by atoms with Crippen LogP contribution in [0.4, 0.5) is 0 Å². The van der Waals surface area contributed by atoms with E-state index in [-0.39, 0.29) is 18.4 Å². The number of benzene rings is 2. The number of rotatable bonds is 4. The highest BCUT2D eigenvalue weighted by Crippen LogP contribution is 2.07. The van der Waals surface area contributed by atoms with E-state index in [0.29, 0.717) is 17.5 Å². The summed E-state index contributed by atoms with van der Waals surface area (Å²) < 4.78 is 0. The minimum Gasteiger partial charge on any atom is -0.355 e. The van der Waals surface area contributed by atoms with Crippen molar-refractivity contribution in [3.05, 3.63) is 70.8 Å². The number of aryl methyl sites for hydroxylation is 1. The van der Waals surface area contributed by atoms with Gasteiger partial charge < -0.3 is 10.6 Å². The summed E-state index contributed by atoms with van der Waals surface area (Å²) in [5.41, 5.74) is 3.28. The molecule has 2 N–H and O–H groups in total. The van der Waals surface area contributed by atoms with Gasteiger partial charge in [0, 0.05) is 12.6 Å². The van der Waals surface area contributed by atoms with Gasteiger partial charge in [0.25, 0.3) is 5.91 Å². The predicted octanol–water partition coefficient (Wildman–Crippen LogP) is 2.07. The van der Waals surface area contributed by atoms with Crippen LogP contribution in [0.25, 0.3) is 0 Å². The number of hydrogen-bond donors (Lipinski definition) is 2. The number of carbonyl (C=O) groups is 2. The Morgan fingerprint density at radius 1 is 1.08 bits per heavy atom. The molecule has 0 aliphatic rings. The second kappa shape index (κ2) is 8.54. The van der Waals surface area contributed by atoms with Crippen LogP contribution in [0, 0.1) is 18.8 Å². The average molecular weight is 320 g/mol. The summed E-state index contributed by atoms with van der Waals surface area (Å²) in [4.78, 5) is 23.7. The third-order valence-corrected chi connectivity index (χ3v) is 3.44. The lowest BCUT2D eigenvalue weighted by molar-refractivity contribution is -0.120. The Bertz CT molecular complexity index is 801. The molecule has 0 aliphatic heterocycles. The maximum absolute atomic E-state index is 11.9. The highest BCUT2D eigenvalue weighted by Gasteiger charge is 2.06. The Morgan fingerprint density at radius 3 is 2.62 bits per heavy atom. The molecule has 0 atom stereocenters. The van der Waals surface area contributed by atoms with Crippen molar-refractivity contribution in [2.45, 2.75) is 13.3 Å². The smallest absolute Gasteiger partial charge is 0.252 e. The molecule has 0 radical (unpaired) electrons. The van der Waals surface area contributed by atoms with Crippen LogP contribution in [-0.2, 0) is 11.2 Å². The first-order valence-electron chi connectivity index (χ1n) is 7.72. The molecule has 0 spiro atoms. The molecule has 24 heavy (non-hydrogen) atoms. The normalized spacial score (nSPS) is 9.58. The summed E-state index contributed by atoms with van der Waals surface area (Å²) in [5.74, 6) is 5.57. The third kappa shape index (κ3) is 4.99. The molecule has 0 fully saturated rings. The van der Waals surface area contributed by atoms with Crippen LogP contribution in [0.1, 0.15) is 27.0 Å². The van der Waals surface area contributed by atoms with Crippen molar-refractivity contribution in [1.29, 1.82) is 0 Å². The molecular formula is C20H20N2O2. The van der Waals surface area contributed by atoms with Crippen molar-refractivity contribution in [3.63, 3.8) is 0 Å². The van der Waals surface area contributed by atoms with Crippen molar-refractivity contribution < 1.29 is 9.59 Å². The summed E-state index contributed by atoms with van der Waals surface area (Å²) in [6, 6.07) is 15.0. The molecule has 2 amide bonds. The maximum Gasteiger partial charge on any atom is 0.252 e. The molecule has 2 aromatic rings. The van der Waals surface area contributed by atoms with Crippen molar-refractivity contribution >= 4 is 11.8 Å². The number of hydrogen-bond acceptors (Lipinski definition) is 2. The zero-order valence-electron chi connectivity index (χ0n) is 13.8. The van der Waals surface area contributed by atoms with Crippen LogP contribution in [0.2, 0.25) is 0 Å². The van der Waals surface area contributed by atoms with E-state index in [1.807, 2.05) is 37.3 Å². The van der Waals surface area contributed by atoms with Gasteiger partial charge in [0.1, 0.15) is 0 Å². The van der Waals surface area contributed by atoms with Crippen LogP contribution in [0.3, 0.4) is 0 Å². The molecular weight excluding hydrogens is 300 g/mol. The predicted molar refractivity (Wildman–Crippen MR) is 94.6 cm³/mol. The number of nitrogens with one attached hydrogen (secondary N) is 2. The molecule has 2 rings (SSSR count). The lowest BCUT2D eigenvalue weighted by Crippen LogP contribution is -2.25. The van der Waals surface area contributed by atoms with E-state index < -0.39 is 0 Å². The molecule has 0 aliphatic carbocycles. The molecule has 4 nitrogen and oxygen atoms in total. The number of carbonyl (C=O) groups excluding carboxylic acids is 2. The lowest BCUT2D eigenvalue weighted by Gasteiger charge is -2.03. The zero-order chi connectivity index (χ0) is 17.4. The summed E-state index contributed by atoms with van der Waals surface area (Å²) in [6.45, 7) is 2.24. The second-order valence-electron chi connectivity index (χ2n) is 5.37. The van der Waals surface area contributed by atoms with Gasteiger partial charge in [-0.1, -0.05) is 53.8 Å². The van der Waals surface area contributed by atoms with Crippen molar-refractivity contribution in [2.75, 3.05) is 13.6 Å². The molecule has 0 saturated heterocycles. The summed E-state index contributed by atoms with van der Waals surface area (Å²) in [7, 11) is 1.58.